The molecule has 0 aromatic carbocycles. The van der Waals surface area contributed by atoms with Crippen molar-refractivity contribution in [3.63, 3.8) is 0 Å². The zero-order valence-corrected chi connectivity index (χ0v) is 18.0. The fourth-order valence-corrected chi connectivity index (χ4v) is 4.92. The van der Waals surface area contributed by atoms with Gasteiger partial charge in [0.2, 0.25) is 5.55 Å². The Kier molecular flexibility index (Phi) is 4.39. The number of aromatic nitrogens is 3. The lowest BCUT2D eigenvalue weighted by Crippen LogP contribution is -2.54. The van der Waals surface area contributed by atoms with Crippen LogP contribution in [0.15, 0.2) is 40.3 Å². The van der Waals surface area contributed by atoms with Gasteiger partial charge in [-0.25, -0.2) is 15.0 Å². The average molecular weight is 405 g/mol. The molecule has 7 heteroatoms. The highest BCUT2D eigenvalue weighted by atomic mass is 16.3. The second-order valence-corrected chi connectivity index (χ2v) is 9.36. The first-order valence-electron chi connectivity index (χ1n) is 10.6. The minimum Gasteiger partial charge on any atom is -0.432 e. The Hall–Kier alpha value is -2.80. The molecule has 1 aliphatic carbocycles. The number of hydrogen-bond donors (Lipinski definition) is 2. The fourth-order valence-electron chi connectivity index (χ4n) is 4.92. The SMILES string of the molecule is CNC1(C)N=c2oc3c(NCc4cccnc4)ncnc3c2=C2CC(C)(C)CCC21. The Balaban J connectivity index is 1.68. The third kappa shape index (κ3) is 3.08. The lowest BCUT2D eigenvalue weighted by atomic mass is 9.66. The summed E-state index contributed by atoms with van der Waals surface area (Å²) >= 11 is 0. The number of pyridine rings is 1. The molecular weight excluding hydrogens is 376 g/mol. The van der Waals surface area contributed by atoms with E-state index in [0.29, 0.717) is 29.4 Å². The van der Waals surface area contributed by atoms with Gasteiger partial charge in [-0.05, 0) is 55.9 Å². The molecular formula is C23H28N6O. The van der Waals surface area contributed by atoms with Crippen molar-refractivity contribution in [3.05, 3.63) is 47.2 Å². The maximum atomic E-state index is 6.29. The summed E-state index contributed by atoms with van der Waals surface area (Å²) in [5, 5.41) is 7.90. The zero-order chi connectivity index (χ0) is 20.9. The maximum absolute atomic E-state index is 6.29. The van der Waals surface area contributed by atoms with Crippen molar-refractivity contribution in [2.24, 2.45) is 16.3 Å². The summed E-state index contributed by atoms with van der Waals surface area (Å²) in [5.41, 5.74) is 4.56. The Bertz CT molecular complexity index is 1220. The van der Waals surface area contributed by atoms with Crippen molar-refractivity contribution >= 4 is 22.5 Å². The molecule has 1 saturated carbocycles. The molecule has 3 aromatic rings. The molecule has 5 rings (SSSR count). The molecule has 30 heavy (non-hydrogen) atoms. The molecule has 2 N–H and O–H groups in total. The average Bonchev–Trinajstić information content (AvgIpc) is 3.10. The molecule has 4 heterocycles. The Morgan fingerprint density at radius 2 is 2.10 bits per heavy atom. The lowest BCUT2D eigenvalue weighted by Gasteiger charge is -2.44. The van der Waals surface area contributed by atoms with Crippen LogP contribution in [0.5, 0.6) is 0 Å². The van der Waals surface area contributed by atoms with Crippen LogP contribution in [-0.4, -0.2) is 27.7 Å². The summed E-state index contributed by atoms with van der Waals surface area (Å²) in [4.78, 5) is 18.3. The lowest BCUT2D eigenvalue weighted by molar-refractivity contribution is 0.193. The molecule has 2 unspecified atom stereocenters. The van der Waals surface area contributed by atoms with E-state index in [-0.39, 0.29) is 11.1 Å². The number of rotatable bonds is 4. The van der Waals surface area contributed by atoms with Crippen molar-refractivity contribution in [2.45, 2.75) is 52.2 Å². The van der Waals surface area contributed by atoms with Crippen LogP contribution in [0.4, 0.5) is 5.82 Å². The second kappa shape index (κ2) is 6.87. The Morgan fingerprint density at radius 1 is 1.23 bits per heavy atom. The van der Waals surface area contributed by atoms with Crippen molar-refractivity contribution in [1.29, 1.82) is 0 Å². The predicted octanol–water partition coefficient (Wildman–Crippen LogP) is 2.78. The van der Waals surface area contributed by atoms with Crippen molar-refractivity contribution in [1.82, 2.24) is 20.3 Å². The van der Waals surface area contributed by atoms with Crippen LogP contribution < -0.4 is 21.4 Å². The number of nitrogens with one attached hydrogen (secondary N) is 2. The summed E-state index contributed by atoms with van der Waals surface area (Å²) in [6.07, 6.45) is 8.54. The zero-order valence-electron chi connectivity index (χ0n) is 18.0. The minimum absolute atomic E-state index is 0.257. The topological polar surface area (TPSA) is 88.2 Å². The molecule has 0 bridgehead atoms. The highest BCUT2D eigenvalue weighted by Crippen LogP contribution is 2.47. The van der Waals surface area contributed by atoms with E-state index in [1.807, 2.05) is 25.4 Å². The van der Waals surface area contributed by atoms with E-state index in [4.69, 9.17) is 9.41 Å². The third-order valence-corrected chi connectivity index (χ3v) is 6.67. The molecule has 7 nitrogen and oxygen atoms in total. The van der Waals surface area contributed by atoms with Crippen molar-refractivity contribution in [3.8, 4) is 0 Å². The molecule has 0 saturated heterocycles. The van der Waals surface area contributed by atoms with E-state index < -0.39 is 0 Å². The first-order chi connectivity index (χ1) is 14.4. The van der Waals surface area contributed by atoms with E-state index >= 15 is 0 Å². The van der Waals surface area contributed by atoms with Gasteiger partial charge in [-0.3, -0.25) is 10.3 Å². The van der Waals surface area contributed by atoms with Gasteiger partial charge in [-0.15, -0.1) is 0 Å². The number of nitrogens with zero attached hydrogens (tertiary/aromatic N) is 4. The van der Waals surface area contributed by atoms with Gasteiger partial charge in [-0.2, -0.15) is 0 Å². The minimum atomic E-state index is -0.372. The Morgan fingerprint density at radius 3 is 2.87 bits per heavy atom. The molecule has 2 aliphatic rings. The molecule has 1 fully saturated rings. The number of hydrogen-bond acceptors (Lipinski definition) is 7. The maximum Gasteiger partial charge on any atom is 0.226 e. The van der Waals surface area contributed by atoms with Gasteiger partial charge in [0.15, 0.2) is 11.4 Å². The largest absolute Gasteiger partial charge is 0.432 e. The van der Waals surface area contributed by atoms with Crippen LogP contribution >= 0.6 is 0 Å². The van der Waals surface area contributed by atoms with E-state index in [1.54, 1.807) is 12.5 Å². The highest BCUT2D eigenvalue weighted by Gasteiger charge is 2.44. The molecule has 0 spiro atoms. The van der Waals surface area contributed by atoms with Gasteiger partial charge in [0.05, 0.1) is 5.22 Å². The summed E-state index contributed by atoms with van der Waals surface area (Å²) in [5.74, 6) is 1.03. The van der Waals surface area contributed by atoms with E-state index in [1.165, 1.54) is 12.0 Å². The smallest absolute Gasteiger partial charge is 0.226 e. The van der Waals surface area contributed by atoms with Gasteiger partial charge in [-0.1, -0.05) is 19.9 Å². The monoisotopic (exact) mass is 404 g/mol. The molecule has 0 amide bonds. The molecule has 1 aliphatic heterocycles. The van der Waals surface area contributed by atoms with Gasteiger partial charge >= 0.3 is 0 Å². The predicted molar refractivity (Wildman–Crippen MR) is 116 cm³/mol. The molecule has 0 radical (unpaired) electrons. The van der Waals surface area contributed by atoms with E-state index in [0.717, 1.165) is 29.1 Å². The van der Waals surface area contributed by atoms with E-state index in [2.05, 4.69) is 46.4 Å². The van der Waals surface area contributed by atoms with E-state index in [9.17, 15) is 0 Å². The third-order valence-electron chi connectivity index (χ3n) is 6.67. The standard InChI is InChI=1S/C23H28N6O/c1-22(2)8-7-16-15(10-22)17-18-19(30-21(17)29-23(16,3)24-4)20(28-13-27-18)26-12-14-6-5-9-25-11-14/h5-6,9,11,13,16,24H,7-8,10,12H2,1-4H3,(H,26,27,28). The normalized spacial score (nSPS) is 24.8. The highest BCUT2D eigenvalue weighted by molar-refractivity contribution is 5.85. The number of fused-ring (bicyclic) bond motifs is 4. The first-order valence-corrected chi connectivity index (χ1v) is 10.6. The van der Waals surface area contributed by atoms with Crippen LogP contribution in [0.2, 0.25) is 0 Å². The van der Waals surface area contributed by atoms with Crippen LogP contribution in [0.1, 0.15) is 45.6 Å². The van der Waals surface area contributed by atoms with Crippen LogP contribution in [0.25, 0.3) is 16.7 Å². The molecule has 3 aromatic heterocycles. The van der Waals surface area contributed by atoms with Gasteiger partial charge in [0, 0.05) is 24.9 Å². The quantitative estimate of drug-likeness (QED) is 0.695. The Labute approximate surface area is 175 Å². The summed E-state index contributed by atoms with van der Waals surface area (Å²) < 4.78 is 6.29. The second-order valence-electron chi connectivity index (χ2n) is 9.36. The van der Waals surface area contributed by atoms with Gasteiger partial charge in [0.25, 0.3) is 0 Å². The molecule has 156 valence electrons. The van der Waals surface area contributed by atoms with Crippen molar-refractivity contribution < 1.29 is 4.42 Å². The van der Waals surface area contributed by atoms with Crippen LogP contribution in [-0.2, 0) is 6.54 Å². The van der Waals surface area contributed by atoms with Crippen molar-refractivity contribution in [2.75, 3.05) is 12.4 Å². The summed E-state index contributed by atoms with van der Waals surface area (Å²) in [6, 6.07) is 3.96. The first kappa shape index (κ1) is 19.2. The van der Waals surface area contributed by atoms with Gasteiger partial charge in [0.1, 0.15) is 17.5 Å². The van der Waals surface area contributed by atoms with Gasteiger partial charge < -0.3 is 9.73 Å². The fraction of sp³-hybridized carbons (Fsp3) is 0.478. The summed E-state index contributed by atoms with van der Waals surface area (Å²) in [7, 11) is 1.98. The van der Waals surface area contributed by atoms with Crippen LogP contribution in [0.3, 0.4) is 0 Å². The summed E-state index contributed by atoms with van der Waals surface area (Å²) in [6.45, 7) is 7.47. The number of anilines is 1. The number of furan rings is 1. The molecule has 2 atom stereocenters. The van der Waals surface area contributed by atoms with Crippen LogP contribution in [0, 0.1) is 11.3 Å².